The molecule has 0 aliphatic heterocycles. The first-order valence-electron chi connectivity index (χ1n) is 7.50. The van der Waals surface area contributed by atoms with Crippen LogP contribution in [0.2, 0.25) is 0 Å². The van der Waals surface area contributed by atoms with Crippen molar-refractivity contribution in [2.24, 2.45) is 0 Å². The summed E-state index contributed by atoms with van der Waals surface area (Å²) in [5, 5.41) is 9.85. The summed E-state index contributed by atoms with van der Waals surface area (Å²) in [6, 6.07) is 4.00. The van der Waals surface area contributed by atoms with Crippen molar-refractivity contribution >= 4 is 23.3 Å². The van der Waals surface area contributed by atoms with Crippen molar-refractivity contribution in [3.05, 3.63) is 45.4 Å². The molecule has 0 bridgehead atoms. The molecular weight excluding hydrogens is 322 g/mol. The number of pyridine rings is 1. The lowest BCUT2D eigenvalue weighted by Crippen LogP contribution is -2.06. The number of nitriles is 1. The lowest BCUT2D eigenvalue weighted by Gasteiger charge is -2.07. The smallest absolute Gasteiger partial charge is 0.189 e. The normalized spacial score (nSPS) is 10.5. The molecule has 24 heavy (non-hydrogen) atoms. The van der Waals surface area contributed by atoms with Gasteiger partial charge in [-0.25, -0.2) is 4.98 Å². The van der Waals surface area contributed by atoms with E-state index in [0.717, 1.165) is 11.3 Å². The molecule has 0 amide bonds. The molecule has 0 spiro atoms. The third-order valence-electron chi connectivity index (χ3n) is 3.83. The van der Waals surface area contributed by atoms with Crippen molar-refractivity contribution in [1.29, 1.82) is 5.26 Å². The zero-order valence-electron chi connectivity index (χ0n) is 14.4. The maximum absolute atomic E-state index is 12.5. The first kappa shape index (κ1) is 18.0. The molecule has 0 atom stereocenters. The molecule has 0 aliphatic carbocycles. The van der Waals surface area contributed by atoms with Gasteiger partial charge >= 0.3 is 0 Å². The van der Waals surface area contributed by atoms with Gasteiger partial charge in [0.2, 0.25) is 0 Å². The molecule has 2 aromatic heterocycles. The van der Waals surface area contributed by atoms with Crippen LogP contribution < -0.4 is 0 Å². The van der Waals surface area contributed by atoms with E-state index in [-0.39, 0.29) is 17.3 Å². The molecule has 0 fully saturated rings. The number of Topliss-reactive ketones (excluding diaryl/α,β-unsaturated/α-hetero) is 2. The molecule has 0 saturated carbocycles. The van der Waals surface area contributed by atoms with Gasteiger partial charge in [-0.1, -0.05) is 11.8 Å². The van der Waals surface area contributed by atoms with Gasteiger partial charge in [-0.2, -0.15) is 5.26 Å². The third-order valence-corrected chi connectivity index (χ3v) is 4.81. The summed E-state index contributed by atoms with van der Waals surface area (Å²) in [5.74, 6) is -0.0171. The number of carbonyl (C=O) groups is 2. The maximum atomic E-state index is 12.5. The molecule has 1 N–H and O–H groups in total. The number of ketones is 2. The van der Waals surface area contributed by atoms with Gasteiger partial charge < -0.3 is 4.98 Å². The van der Waals surface area contributed by atoms with Crippen LogP contribution in [0.15, 0.2) is 11.1 Å². The lowest BCUT2D eigenvalue weighted by atomic mass is 10.1. The second-order valence-corrected chi connectivity index (χ2v) is 6.73. The van der Waals surface area contributed by atoms with Gasteiger partial charge in [0.05, 0.1) is 17.0 Å². The Morgan fingerprint density at radius 2 is 1.96 bits per heavy atom. The molecular formula is C18H19N3O2S. The van der Waals surface area contributed by atoms with Crippen LogP contribution in [-0.4, -0.2) is 27.3 Å². The fourth-order valence-corrected chi connectivity index (χ4v) is 3.78. The standard InChI is InChI=1S/C18H19N3O2S/c1-9-6-10(2)20-18(14(9)7-19)24-8-15(23)17-11(3)16(13(5)22)12(4)21-17/h6,21H,8H2,1-5H3. The van der Waals surface area contributed by atoms with E-state index in [1.54, 1.807) is 13.8 Å². The Morgan fingerprint density at radius 1 is 1.29 bits per heavy atom. The number of thioether (sulfide) groups is 1. The van der Waals surface area contributed by atoms with Crippen molar-refractivity contribution in [2.45, 2.75) is 39.6 Å². The van der Waals surface area contributed by atoms with Crippen LogP contribution in [0.4, 0.5) is 0 Å². The van der Waals surface area contributed by atoms with E-state index in [1.807, 2.05) is 19.9 Å². The minimum Gasteiger partial charge on any atom is -0.355 e. The van der Waals surface area contributed by atoms with Gasteiger partial charge in [-0.05, 0) is 51.8 Å². The van der Waals surface area contributed by atoms with Gasteiger partial charge in [0.15, 0.2) is 11.6 Å². The van der Waals surface area contributed by atoms with Crippen molar-refractivity contribution in [2.75, 3.05) is 5.75 Å². The summed E-state index contributed by atoms with van der Waals surface area (Å²) in [4.78, 5) is 31.6. The Balaban J connectivity index is 2.26. The van der Waals surface area contributed by atoms with Gasteiger partial charge in [-0.3, -0.25) is 9.59 Å². The van der Waals surface area contributed by atoms with E-state index in [2.05, 4.69) is 16.0 Å². The van der Waals surface area contributed by atoms with E-state index in [9.17, 15) is 14.9 Å². The highest BCUT2D eigenvalue weighted by Crippen LogP contribution is 2.26. The molecule has 2 aromatic rings. The van der Waals surface area contributed by atoms with Crippen molar-refractivity contribution < 1.29 is 9.59 Å². The molecule has 0 aliphatic rings. The predicted molar refractivity (Wildman–Crippen MR) is 93.8 cm³/mol. The molecule has 2 heterocycles. The summed E-state index contributed by atoms with van der Waals surface area (Å²) >= 11 is 1.25. The van der Waals surface area contributed by atoms with Crippen molar-refractivity contribution in [1.82, 2.24) is 9.97 Å². The fourth-order valence-electron chi connectivity index (χ4n) is 2.81. The SMILES string of the molecule is CC(=O)c1c(C)[nH]c(C(=O)CSc2nc(C)cc(C)c2C#N)c1C. The lowest BCUT2D eigenvalue weighted by molar-refractivity contribution is 0.101. The minimum absolute atomic E-state index is 0.0595. The highest BCUT2D eigenvalue weighted by atomic mass is 32.2. The van der Waals surface area contributed by atoms with Crippen molar-refractivity contribution in [3.8, 4) is 6.07 Å². The number of hydrogen-bond acceptors (Lipinski definition) is 5. The number of H-pyrrole nitrogens is 1. The molecule has 2 rings (SSSR count). The number of hydrogen-bond donors (Lipinski definition) is 1. The van der Waals surface area contributed by atoms with Crippen LogP contribution in [0.25, 0.3) is 0 Å². The van der Waals surface area contributed by atoms with Gasteiger partial charge in [0.25, 0.3) is 0 Å². The second-order valence-electron chi connectivity index (χ2n) is 5.77. The topological polar surface area (TPSA) is 86.6 Å². The summed E-state index contributed by atoms with van der Waals surface area (Å²) in [5.41, 5.74) is 4.58. The monoisotopic (exact) mass is 341 g/mol. The number of rotatable bonds is 5. The van der Waals surface area contributed by atoms with Crippen LogP contribution in [0.5, 0.6) is 0 Å². The number of aromatic amines is 1. The van der Waals surface area contributed by atoms with Gasteiger partial charge in [0.1, 0.15) is 11.1 Å². The Morgan fingerprint density at radius 3 is 2.50 bits per heavy atom. The Labute approximate surface area is 145 Å². The number of nitrogens with one attached hydrogen (secondary N) is 1. The maximum Gasteiger partial charge on any atom is 0.189 e. The highest BCUT2D eigenvalue weighted by molar-refractivity contribution is 8.00. The molecule has 5 nitrogen and oxygen atoms in total. The van der Waals surface area contributed by atoms with Crippen LogP contribution in [-0.2, 0) is 0 Å². The van der Waals surface area contributed by atoms with Crippen molar-refractivity contribution in [3.63, 3.8) is 0 Å². The Bertz CT molecular complexity index is 875. The zero-order chi connectivity index (χ0) is 18.0. The van der Waals surface area contributed by atoms with Crippen LogP contribution >= 0.6 is 11.8 Å². The Kier molecular flexibility index (Phi) is 5.25. The number of aryl methyl sites for hydroxylation is 3. The van der Waals surface area contributed by atoms with Crippen LogP contribution in [0.1, 0.15) is 55.8 Å². The van der Waals surface area contributed by atoms with E-state index < -0.39 is 0 Å². The largest absolute Gasteiger partial charge is 0.355 e. The van der Waals surface area contributed by atoms with E-state index >= 15 is 0 Å². The third kappa shape index (κ3) is 3.41. The molecule has 124 valence electrons. The average molecular weight is 341 g/mol. The quantitative estimate of drug-likeness (QED) is 0.662. The highest BCUT2D eigenvalue weighted by Gasteiger charge is 2.20. The molecule has 0 saturated heterocycles. The number of nitrogens with zero attached hydrogens (tertiary/aromatic N) is 2. The van der Waals surface area contributed by atoms with E-state index in [1.165, 1.54) is 18.7 Å². The number of aromatic nitrogens is 2. The van der Waals surface area contributed by atoms with E-state index in [0.29, 0.717) is 33.1 Å². The van der Waals surface area contributed by atoms with Gasteiger partial charge in [0, 0.05) is 17.0 Å². The average Bonchev–Trinajstić information content (AvgIpc) is 2.79. The predicted octanol–water partition coefficient (Wildman–Crippen LogP) is 3.69. The van der Waals surface area contributed by atoms with E-state index in [4.69, 9.17) is 0 Å². The Hall–Kier alpha value is -2.39. The second kappa shape index (κ2) is 7.02. The van der Waals surface area contributed by atoms with Crippen LogP contribution in [0.3, 0.4) is 0 Å². The zero-order valence-corrected chi connectivity index (χ0v) is 15.2. The summed E-state index contributed by atoms with van der Waals surface area (Å²) in [7, 11) is 0. The fraction of sp³-hybridized carbons (Fsp3) is 0.333. The van der Waals surface area contributed by atoms with Gasteiger partial charge in [-0.15, -0.1) is 0 Å². The molecule has 0 aromatic carbocycles. The molecule has 6 heteroatoms. The summed E-state index contributed by atoms with van der Waals surface area (Å²) < 4.78 is 0. The van der Waals surface area contributed by atoms with Crippen LogP contribution in [0, 0.1) is 39.0 Å². The molecule has 0 radical (unpaired) electrons. The summed E-state index contributed by atoms with van der Waals surface area (Å²) in [6.07, 6.45) is 0. The first-order valence-corrected chi connectivity index (χ1v) is 8.49. The minimum atomic E-state index is -0.113. The summed E-state index contributed by atoms with van der Waals surface area (Å²) in [6.45, 7) is 8.76. The first-order chi connectivity index (χ1) is 11.3. The number of carbonyl (C=O) groups excluding carboxylic acids is 2. The molecule has 0 unspecified atom stereocenters.